The Morgan fingerprint density at radius 1 is 1.50 bits per heavy atom. The molecule has 2 aliphatic rings. The summed E-state index contributed by atoms with van der Waals surface area (Å²) >= 11 is 0. The van der Waals surface area contributed by atoms with E-state index in [9.17, 15) is 4.79 Å². The minimum Gasteiger partial charge on any atom is -0.444 e. The third kappa shape index (κ3) is 2.75. The lowest BCUT2D eigenvalue weighted by Crippen LogP contribution is -2.60. The molecule has 0 spiro atoms. The van der Waals surface area contributed by atoms with Gasteiger partial charge in [-0.05, 0) is 33.6 Å². The van der Waals surface area contributed by atoms with Crippen LogP contribution in [0.3, 0.4) is 0 Å². The number of piperazine rings is 1. The van der Waals surface area contributed by atoms with Crippen molar-refractivity contribution >= 4 is 6.09 Å². The van der Waals surface area contributed by atoms with E-state index in [0.29, 0.717) is 19.0 Å². The second-order valence-electron chi connectivity index (χ2n) is 6.11. The van der Waals surface area contributed by atoms with Gasteiger partial charge in [0.05, 0.1) is 18.5 Å². The van der Waals surface area contributed by atoms with E-state index < -0.39 is 5.60 Å². The number of amides is 1. The highest BCUT2D eigenvalue weighted by atomic mass is 16.6. The zero-order valence-electron chi connectivity index (χ0n) is 11.3. The van der Waals surface area contributed by atoms with Gasteiger partial charge in [0.1, 0.15) is 5.60 Å². The first-order chi connectivity index (χ1) is 8.40. The van der Waals surface area contributed by atoms with E-state index in [2.05, 4.69) is 11.4 Å². The molecule has 0 aromatic carbocycles. The minimum atomic E-state index is -0.488. The van der Waals surface area contributed by atoms with Crippen LogP contribution in [-0.2, 0) is 4.74 Å². The van der Waals surface area contributed by atoms with E-state index in [1.54, 1.807) is 4.90 Å². The largest absolute Gasteiger partial charge is 0.444 e. The first kappa shape index (κ1) is 13.2. The van der Waals surface area contributed by atoms with Crippen LogP contribution in [0, 0.1) is 11.3 Å². The van der Waals surface area contributed by atoms with Gasteiger partial charge in [0, 0.05) is 18.6 Å². The summed E-state index contributed by atoms with van der Waals surface area (Å²) in [5.74, 6) is 0. The van der Waals surface area contributed by atoms with E-state index in [-0.39, 0.29) is 18.2 Å². The number of carbonyl (C=O) groups is 1. The molecule has 5 heteroatoms. The Morgan fingerprint density at radius 3 is 2.83 bits per heavy atom. The molecule has 2 saturated heterocycles. The molecular weight excluding hydrogens is 230 g/mol. The molecule has 1 amide bonds. The number of nitrogens with zero attached hydrogens (tertiary/aromatic N) is 2. The smallest absolute Gasteiger partial charge is 0.410 e. The first-order valence-corrected chi connectivity index (χ1v) is 6.53. The molecular formula is C13H21N3O2. The summed E-state index contributed by atoms with van der Waals surface area (Å²) in [7, 11) is 0. The molecule has 0 aromatic heterocycles. The van der Waals surface area contributed by atoms with Crippen molar-refractivity contribution in [2.45, 2.75) is 63.8 Å². The number of hydrogen-bond acceptors (Lipinski definition) is 4. The Labute approximate surface area is 108 Å². The van der Waals surface area contributed by atoms with Crippen LogP contribution >= 0.6 is 0 Å². The molecule has 0 saturated carbocycles. The van der Waals surface area contributed by atoms with Crippen molar-refractivity contribution in [3.05, 3.63) is 0 Å². The van der Waals surface area contributed by atoms with E-state index >= 15 is 0 Å². The van der Waals surface area contributed by atoms with Gasteiger partial charge in [-0.1, -0.05) is 0 Å². The second kappa shape index (κ2) is 4.77. The molecule has 2 heterocycles. The van der Waals surface area contributed by atoms with Gasteiger partial charge in [-0.3, -0.25) is 0 Å². The number of rotatable bonds is 1. The summed E-state index contributed by atoms with van der Waals surface area (Å²) in [5, 5.41) is 12.4. The Hall–Kier alpha value is -1.28. The van der Waals surface area contributed by atoms with Crippen molar-refractivity contribution in [3.8, 4) is 6.07 Å². The van der Waals surface area contributed by atoms with Gasteiger partial charge in [0.2, 0.25) is 0 Å². The van der Waals surface area contributed by atoms with Crippen molar-refractivity contribution in [1.82, 2.24) is 10.2 Å². The van der Waals surface area contributed by atoms with E-state index in [1.807, 2.05) is 20.8 Å². The Kier molecular flexibility index (Phi) is 3.49. The van der Waals surface area contributed by atoms with Crippen LogP contribution < -0.4 is 5.32 Å². The standard InChI is InChI=1S/C13H21N3O2/c1-13(2,3)18-12(17)16-8-9-4-5-10(15-9)11(16)6-7-14/h9-11,15H,4-6,8H2,1-3H3/t9-,10+,11-/m0/s1. The molecule has 2 bridgehead atoms. The van der Waals surface area contributed by atoms with Crippen LogP contribution in [0.5, 0.6) is 0 Å². The summed E-state index contributed by atoms with van der Waals surface area (Å²) in [5.41, 5.74) is -0.488. The molecule has 2 aliphatic heterocycles. The Morgan fingerprint density at radius 2 is 2.22 bits per heavy atom. The number of hydrogen-bond donors (Lipinski definition) is 1. The Bertz CT molecular complexity index is 369. The topological polar surface area (TPSA) is 65.4 Å². The fraction of sp³-hybridized carbons (Fsp3) is 0.846. The fourth-order valence-corrected chi connectivity index (χ4v) is 2.76. The SMILES string of the molecule is CC(C)(C)OC(=O)N1C[C@@H]2CC[C@@H](N2)[C@@H]1CC#N. The molecule has 0 unspecified atom stereocenters. The van der Waals surface area contributed by atoms with Crippen LogP contribution in [0.25, 0.3) is 0 Å². The summed E-state index contributed by atoms with van der Waals surface area (Å²) in [6, 6.07) is 2.73. The van der Waals surface area contributed by atoms with Crippen molar-refractivity contribution in [2.24, 2.45) is 0 Å². The number of ether oxygens (including phenoxy) is 1. The highest BCUT2D eigenvalue weighted by molar-refractivity contribution is 5.69. The van der Waals surface area contributed by atoms with Crippen molar-refractivity contribution < 1.29 is 9.53 Å². The summed E-state index contributed by atoms with van der Waals surface area (Å²) in [6.07, 6.45) is 2.19. The first-order valence-electron chi connectivity index (χ1n) is 6.53. The van der Waals surface area contributed by atoms with Crippen LogP contribution in [0.2, 0.25) is 0 Å². The highest BCUT2D eigenvalue weighted by Crippen LogP contribution is 2.28. The maximum Gasteiger partial charge on any atom is 0.410 e. The lowest BCUT2D eigenvalue weighted by atomic mass is 10.0. The molecule has 5 nitrogen and oxygen atoms in total. The monoisotopic (exact) mass is 251 g/mol. The van der Waals surface area contributed by atoms with Gasteiger partial charge < -0.3 is 15.0 Å². The molecule has 1 N–H and O–H groups in total. The predicted molar refractivity (Wildman–Crippen MR) is 66.9 cm³/mol. The zero-order chi connectivity index (χ0) is 13.3. The molecule has 0 aliphatic carbocycles. The molecule has 0 aromatic rings. The highest BCUT2D eigenvalue weighted by Gasteiger charge is 2.43. The molecule has 18 heavy (non-hydrogen) atoms. The van der Waals surface area contributed by atoms with Gasteiger partial charge in [0.15, 0.2) is 0 Å². The zero-order valence-corrected chi connectivity index (χ0v) is 11.3. The third-order valence-corrected chi connectivity index (χ3v) is 3.49. The molecule has 100 valence electrons. The van der Waals surface area contributed by atoms with Gasteiger partial charge >= 0.3 is 6.09 Å². The third-order valence-electron chi connectivity index (χ3n) is 3.49. The molecule has 2 rings (SSSR count). The lowest BCUT2D eigenvalue weighted by Gasteiger charge is -2.40. The second-order valence-corrected chi connectivity index (χ2v) is 6.11. The van der Waals surface area contributed by atoms with Crippen molar-refractivity contribution in [1.29, 1.82) is 5.26 Å². The quantitative estimate of drug-likeness (QED) is 0.769. The van der Waals surface area contributed by atoms with Crippen molar-refractivity contribution in [2.75, 3.05) is 6.54 Å². The molecule has 2 fully saturated rings. The molecule has 0 radical (unpaired) electrons. The lowest BCUT2D eigenvalue weighted by molar-refractivity contribution is 0.00610. The maximum absolute atomic E-state index is 12.2. The summed E-state index contributed by atoms with van der Waals surface area (Å²) in [4.78, 5) is 13.9. The number of carbonyl (C=O) groups excluding carboxylic acids is 1. The van der Waals surface area contributed by atoms with Gasteiger partial charge in [-0.25, -0.2) is 4.79 Å². The van der Waals surface area contributed by atoms with Crippen LogP contribution in [0.4, 0.5) is 4.79 Å². The number of likely N-dealkylation sites (tertiary alicyclic amines) is 1. The van der Waals surface area contributed by atoms with E-state index in [1.165, 1.54) is 0 Å². The average Bonchev–Trinajstić information content (AvgIpc) is 2.63. The summed E-state index contributed by atoms with van der Waals surface area (Å²) in [6.45, 7) is 6.24. The van der Waals surface area contributed by atoms with E-state index in [4.69, 9.17) is 10.00 Å². The normalized spacial score (nSPS) is 31.0. The number of fused-ring (bicyclic) bond motifs is 2. The van der Waals surface area contributed by atoms with E-state index in [0.717, 1.165) is 12.8 Å². The van der Waals surface area contributed by atoms with Crippen molar-refractivity contribution in [3.63, 3.8) is 0 Å². The summed E-state index contributed by atoms with van der Waals surface area (Å²) < 4.78 is 5.43. The number of nitrogens with one attached hydrogen (secondary N) is 1. The van der Waals surface area contributed by atoms with Crippen LogP contribution in [0.15, 0.2) is 0 Å². The van der Waals surface area contributed by atoms with Crippen LogP contribution in [0.1, 0.15) is 40.0 Å². The van der Waals surface area contributed by atoms with Gasteiger partial charge in [-0.2, -0.15) is 5.26 Å². The maximum atomic E-state index is 12.2. The number of nitriles is 1. The molecule has 3 atom stereocenters. The fourth-order valence-electron chi connectivity index (χ4n) is 2.76. The average molecular weight is 251 g/mol. The predicted octanol–water partition coefficient (Wildman–Crippen LogP) is 1.64. The van der Waals surface area contributed by atoms with Crippen LogP contribution in [-0.4, -0.2) is 41.3 Å². The van der Waals surface area contributed by atoms with Gasteiger partial charge in [-0.15, -0.1) is 0 Å². The Balaban J connectivity index is 2.09. The van der Waals surface area contributed by atoms with Gasteiger partial charge in [0.25, 0.3) is 0 Å². The minimum absolute atomic E-state index is 0.0522.